The zero-order chi connectivity index (χ0) is 12.1. The Labute approximate surface area is 103 Å². The van der Waals surface area contributed by atoms with E-state index in [0.717, 1.165) is 38.7 Å². The third kappa shape index (κ3) is 2.96. The molecule has 1 saturated heterocycles. The van der Waals surface area contributed by atoms with Crippen LogP contribution in [0.4, 0.5) is 5.82 Å². The van der Waals surface area contributed by atoms with E-state index in [1.807, 2.05) is 12.3 Å². The van der Waals surface area contributed by atoms with Crippen LogP contribution in [0.2, 0.25) is 0 Å². The Kier molecular flexibility index (Phi) is 4.34. The summed E-state index contributed by atoms with van der Waals surface area (Å²) in [5, 5.41) is 3.36. The molecule has 0 bridgehead atoms. The molecule has 0 aromatic carbocycles. The van der Waals surface area contributed by atoms with Crippen LogP contribution < -0.4 is 10.2 Å². The molecule has 2 heterocycles. The number of morpholine rings is 1. The number of nitrogens with one attached hydrogen (secondary N) is 1. The van der Waals surface area contributed by atoms with Crippen molar-refractivity contribution in [3.05, 3.63) is 23.9 Å². The highest BCUT2D eigenvalue weighted by Crippen LogP contribution is 2.21. The largest absolute Gasteiger partial charge is 0.377 e. The topological polar surface area (TPSA) is 37.4 Å². The number of nitrogens with zero attached hydrogens (tertiary/aromatic N) is 2. The first-order valence-electron chi connectivity index (χ1n) is 6.32. The number of rotatable bonds is 4. The highest BCUT2D eigenvalue weighted by molar-refractivity contribution is 5.48. The molecule has 1 aromatic heterocycles. The molecule has 1 atom stereocenters. The van der Waals surface area contributed by atoms with Crippen molar-refractivity contribution in [2.45, 2.75) is 26.4 Å². The van der Waals surface area contributed by atoms with Gasteiger partial charge in [-0.05, 0) is 19.5 Å². The molecule has 0 aliphatic carbocycles. The molecule has 4 nitrogen and oxygen atoms in total. The van der Waals surface area contributed by atoms with E-state index in [0.29, 0.717) is 6.04 Å². The van der Waals surface area contributed by atoms with Crippen molar-refractivity contribution in [2.75, 3.05) is 31.2 Å². The molecule has 1 aromatic rings. The zero-order valence-corrected chi connectivity index (χ0v) is 10.6. The van der Waals surface area contributed by atoms with Crippen LogP contribution in [-0.2, 0) is 11.3 Å². The van der Waals surface area contributed by atoms with Crippen molar-refractivity contribution in [2.24, 2.45) is 0 Å². The highest BCUT2D eigenvalue weighted by Gasteiger charge is 2.21. The maximum absolute atomic E-state index is 5.47. The minimum atomic E-state index is 0.402. The standard InChI is InChI=1S/C13H21N3O/c1-3-14-9-12-5-4-6-15-13(12)16-7-8-17-10-11(16)2/h4-6,11,14H,3,7-10H2,1-2H3. The predicted octanol–water partition coefficient (Wildman–Crippen LogP) is 1.42. The summed E-state index contributed by atoms with van der Waals surface area (Å²) in [5.74, 6) is 1.10. The van der Waals surface area contributed by atoms with Crippen LogP contribution in [0, 0.1) is 0 Å². The maximum Gasteiger partial charge on any atom is 0.133 e. The van der Waals surface area contributed by atoms with E-state index in [9.17, 15) is 0 Å². The van der Waals surface area contributed by atoms with E-state index in [-0.39, 0.29) is 0 Å². The van der Waals surface area contributed by atoms with Gasteiger partial charge in [0.25, 0.3) is 0 Å². The Bertz CT molecular complexity index is 356. The lowest BCUT2D eigenvalue weighted by Crippen LogP contribution is -2.44. The fourth-order valence-electron chi connectivity index (χ4n) is 2.13. The zero-order valence-electron chi connectivity index (χ0n) is 10.6. The minimum Gasteiger partial charge on any atom is -0.377 e. The normalized spacial score (nSPS) is 20.6. The summed E-state index contributed by atoms with van der Waals surface area (Å²) in [6.07, 6.45) is 1.87. The number of hydrogen-bond acceptors (Lipinski definition) is 4. The minimum absolute atomic E-state index is 0.402. The average molecular weight is 235 g/mol. The van der Waals surface area contributed by atoms with Crippen LogP contribution in [0.25, 0.3) is 0 Å². The van der Waals surface area contributed by atoms with Crippen LogP contribution in [0.3, 0.4) is 0 Å². The lowest BCUT2D eigenvalue weighted by atomic mass is 10.2. The van der Waals surface area contributed by atoms with Crippen LogP contribution in [0.15, 0.2) is 18.3 Å². The molecule has 1 fully saturated rings. The molecule has 94 valence electrons. The van der Waals surface area contributed by atoms with Gasteiger partial charge in [-0.15, -0.1) is 0 Å². The van der Waals surface area contributed by atoms with Crippen LogP contribution >= 0.6 is 0 Å². The molecule has 0 spiro atoms. The molecule has 1 unspecified atom stereocenters. The molecular formula is C13H21N3O. The average Bonchev–Trinajstić information content (AvgIpc) is 2.37. The van der Waals surface area contributed by atoms with Gasteiger partial charge in [-0.1, -0.05) is 13.0 Å². The first-order chi connectivity index (χ1) is 8.33. The Morgan fingerprint density at radius 3 is 3.24 bits per heavy atom. The molecule has 1 N–H and O–H groups in total. The van der Waals surface area contributed by atoms with E-state index < -0.39 is 0 Å². The van der Waals surface area contributed by atoms with Gasteiger partial charge in [0.1, 0.15) is 5.82 Å². The first-order valence-corrected chi connectivity index (χ1v) is 6.32. The van der Waals surface area contributed by atoms with Crippen LogP contribution in [-0.4, -0.2) is 37.3 Å². The van der Waals surface area contributed by atoms with Gasteiger partial charge in [0, 0.05) is 24.8 Å². The molecule has 0 saturated carbocycles. The number of anilines is 1. The fourth-order valence-corrected chi connectivity index (χ4v) is 2.13. The monoisotopic (exact) mass is 235 g/mol. The number of ether oxygens (including phenoxy) is 1. The van der Waals surface area contributed by atoms with Crippen molar-refractivity contribution in [1.29, 1.82) is 0 Å². The Hall–Kier alpha value is -1.13. The third-order valence-electron chi connectivity index (χ3n) is 3.07. The quantitative estimate of drug-likeness (QED) is 0.856. The smallest absolute Gasteiger partial charge is 0.133 e. The number of pyridine rings is 1. The van der Waals surface area contributed by atoms with Gasteiger partial charge in [0.05, 0.1) is 19.3 Å². The summed E-state index contributed by atoms with van der Waals surface area (Å²) in [6.45, 7) is 8.67. The number of hydrogen-bond donors (Lipinski definition) is 1. The number of aromatic nitrogens is 1. The second kappa shape index (κ2) is 5.98. The molecule has 1 aliphatic heterocycles. The summed E-state index contributed by atoms with van der Waals surface area (Å²) in [7, 11) is 0. The highest BCUT2D eigenvalue weighted by atomic mass is 16.5. The van der Waals surface area contributed by atoms with E-state index in [4.69, 9.17) is 4.74 Å². The summed E-state index contributed by atoms with van der Waals surface area (Å²) >= 11 is 0. The van der Waals surface area contributed by atoms with Crippen molar-refractivity contribution >= 4 is 5.82 Å². The van der Waals surface area contributed by atoms with Gasteiger partial charge >= 0.3 is 0 Å². The molecular weight excluding hydrogens is 214 g/mol. The van der Waals surface area contributed by atoms with Gasteiger partial charge in [-0.2, -0.15) is 0 Å². The lowest BCUT2D eigenvalue weighted by Gasteiger charge is -2.35. The van der Waals surface area contributed by atoms with Crippen molar-refractivity contribution < 1.29 is 4.74 Å². The second-order valence-electron chi connectivity index (χ2n) is 4.38. The molecule has 0 radical (unpaired) electrons. The van der Waals surface area contributed by atoms with E-state index in [2.05, 4.69) is 35.1 Å². The van der Waals surface area contributed by atoms with E-state index in [1.165, 1.54) is 5.56 Å². The molecule has 1 aliphatic rings. The molecule has 2 rings (SSSR count). The Balaban J connectivity index is 2.17. The van der Waals surface area contributed by atoms with Crippen molar-refractivity contribution in [3.8, 4) is 0 Å². The van der Waals surface area contributed by atoms with Crippen LogP contribution in [0.5, 0.6) is 0 Å². The summed E-state index contributed by atoms with van der Waals surface area (Å²) in [6, 6.07) is 4.55. The molecule has 4 heteroatoms. The third-order valence-corrected chi connectivity index (χ3v) is 3.07. The van der Waals surface area contributed by atoms with Crippen molar-refractivity contribution in [1.82, 2.24) is 10.3 Å². The molecule has 17 heavy (non-hydrogen) atoms. The van der Waals surface area contributed by atoms with Gasteiger partial charge < -0.3 is 15.0 Å². The van der Waals surface area contributed by atoms with E-state index in [1.54, 1.807) is 0 Å². The summed E-state index contributed by atoms with van der Waals surface area (Å²) < 4.78 is 5.47. The predicted molar refractivity (Wildman–Crippen MR) is 69.2 cm³/mol. The first kappa shape index (κ1) is 12.3. The van der Waals surface area contributed by atoms with Crippen molar-refractivity contribution in [3.63, 3.8) is 0 Å². The Morgan fingerprint density at radius 2 is 2.47 bits per heavy atom. The Morgan fingerprint density at radius 1 is 1.59 bits per heavy atom. The fraction of sp³-hybridized carbons (Fsp3) is 0.615. The van der Waals surface area contributed by atoms with E-state index >= 15 is 0 Å². The lowest BCUT2D eigenvalue weighted by molar-refractivity contribution is 0.0984. The summed E-state index contributed by atoms with van der Waals surface area (Å²) in [4.78, 5) is 6.88. The maximum atomic E-state index is 5.47. The van der Waals surface area contributed by atoms with Gasteiger partial charge in [0.15, 0.2) is 0 Å². The van der Waals surface area contributed by atoms with Crippen LogP contribution in [0.1, 0.15) is 19.4 Å². The SMILES string of the molecule is CCNCc1cccnc1N1CCOCC1C. The second-order valence-corrected chi connectivity index (χ2v) is 4.38. The van der Waals surface area contributed by atoms with Gasteiger partial charge in [-0.3, -0.25) is 0 Å². The van der Waals surface area contributed by atoms with Gasteiger partial charge in [0.2, 0.25) is 0 Å². The molecule has 0 amide bonds. The van der Waals surface area contributed by atoms with Gasteiger partial charge in [-0.25, -0.2) is 4.98 Å². The summed E-state index contributed by atoms with van der Waals surface area (Å²) in [5.41, 5.74) is 1.27.